The molecule has 0 bridgehead atoms. The topological polar surface area (TPSA) is 29.5 Å². The quantitative estimate of drug-likeness (QED) is 0.664. The molecule has 102 valence electrons. The molecule has 2 atom stereocenters. The molecule has 19 heavy (non-hydrogen) atoms. The van der Waals surface area contributed by atoms with Gasteiger partial charge in [-0.3, -0.25) is 0 Å². The smallest absolute Gasteiger partial charge is 0.0756 e. The fourth-order valence-corrected chi connectivity index (χ4v) is 2.46. The van der Waals surface area contributed by atoms with Gasteiger partial charge in [-0.1, -0.05) is 36.3 Å². The van der Waals surface area contributed by atoms with Gasteiger partial charge in [0.05, 0.1) is 18.8 Å². The van der Waals surface area contributed by atoms with Crippen molar-refractivity contribution in [2.75, 3.05) is 6.61 Å². The summed E-state index contributed by atoms with van der Waals surface area (Å²) in [5.41, 5.74) is 0.604. The van der Waals surface area contributed by atoms with Gasteiger partial charge in [-0.25, -0.2) is 0 Å². The Morgan fingerprint density at radius 3 is 2.84 bits per heavy atom. The average Bonchev–Trinajstić information content (AvgIpc) is 2.74. The first-order chi connectivity index (χ1) is 9.18. The van der Waals surface area contributed by atoms with Gasteiger partial charge in [0, 0.05) is 12.3 Å². The van der Waals surface area contributed by atoms with Crippen LogP contribution >= 0.6 is 0 Å². The van der Waals surface area contributed by atoms with Gasteiger partial charge in [-0.2, -0.15) is 0 Å². The maximum absolute atomic E-state index is 10.1. The standard InChI is InChI=1S/C17H22O2/c1-17(18)12-7-11-16(17)10-5-6-13-19-14-15-8-3-2-4-9-15/h2-4,8-9,16,18H,6-7,11-14H2,1H3/t16-,17-/m1/s1. The molecule has 0 saturated heterocycles. The molecule has 2 rings (SSSR count). The van der Waals surface area contributed by atoms with E-state index in [2.05, 4.69) is 24.0 Å². The van der Waals surface area contributed by atoms with Crippen molar-refractivity contribution < 1.29 is 9.84 Å². The molecule has 2 nitrogen and oxygen atoms in total. The van der Waals surface area contributed by atoms with Crippen LogP contribution in [0.15, 0.2) is 30.3 Å². The molecule has 1 aromatic carbocycles. The van der Waals surface area contributed by atoms with Crippen molar-refractivity contribution in [2.24, 2.45) is 5.92 Å². The first-order valence-electron chi connectivity index (χ1n) is 7.01. The molecular formula is C17H22O2. The number of rotatable bonds is 4. The number of benzene rings is 1. The van der Waals surface area contributed by atoms with Crippen LogP contribution in [0.3, 0.4) is 0 Å². The number of ether oxygens (including phenoxy) is 1. The number of hydrogen-bond donors (Lipinski definition) is 1. The van der Waals surface area contributed by atoms with Crippen LogP contribution < -0.4 is 0 Å². The molecule has 1 aliphatic carbocycles. The highest BCUT2D eigenvalue weighted by atomic mass is 16.5. The lowest BCUT2D eigenvalue weighted by Gasteiger charge is -2.20. The highest BCUT2D eigenvalue weighted by Gasteiger charge is 2.35. The van der Waals surface area contributed by atoms with Crippen LogP contribution in [-0.4, -0.2) is 17.3 Å². The van der Waals surface area contributed by atoms with Crippen LogP contribution in [0.1, 0.15) is 38.2 Å². The largest absolute Gasteiger partial charge is 0.389 e. The summed E-state index contributed by atoms with van der Waals surface area (Å²) in [7, 11) is 0. The molecule has 0 aromatic heterocycles. The summed E-state index contributed by atoms with van der Waals surface area (Å²) in [6.07, 6.45) is 3.71. The number of aliphatic hydroxyl groups is 1. The van der Waals surface area contributed by atoms with Crippen LogP contribution in [0.25, 0.3) is 0 Å². The summed E-state index contributed by atoms with van der Waals surface area (Å²) in [5.74, 6) is 6.47. The predicted molar refractivity (Wildman–Crippen MR) is 76.5 cm³/mol. The molecule has 2 heteroatoms. The van der Waals surface area contributed by atoms with Crippen LogP contribution in [0.2, 0.25) is 0 Å². The zero-order valence-electron chi connectivity index (χ0n) is 11.6. The van der Waals surface area contributed by atoms with E-state index in [1.54, 1.807) is 0 Å². The summed E-state index contributed by atoms with van der Waals surface area (Å²) < 4.78 is 5.57. The van der Waals surface area contributed by atoms with Crippen molar-refractivity contribution in [2.45, 2.75) is 44.8 Å². The summed E-state index contributed by atoms with van der Waals surface area (Å²) in [6.45, 7) is 3.19. The third-order valence-electron chi connectivity index (χ3n) is 3.69. The van der Waals surface area contributed by atoms with E-state index in [-0.39, 0.29) is 5.92 Å². The Balaban J connectivity index is 1.65. The lowest BCUT2D eigenvalue weighted by Crippen LogP contribution is -2.27. The minimum Gasteiger partial charge on any atom is -0.389 e. The van der Waals surface area contributed by atoms with Gasteiger partial charge < -0.3 is 9.84 Å². The summed E-state index contributed by atoms with van der Waals surface area (Å²) >= 11 is 0. The second-order valence-electron chi connectivity index (χ2n) is 5.41. The SMILES string of the molecule is C[C@@]1(O)CCC[C@H]1C#CCCOCc1ccccc1. The fraction of sp³-hybridized carbons (Fsp3) is 0.529. The van der Waals surface area contributed by atoms with E-state index in [9.17, 15) is 5.11 Å². The minimum atomic E-state index is -0.585. The average molecular weight is 258 g/mol. The monoisotopic (exact) mass is 258 g/mol. The van der Waals surface area contributed by atoms with Crippen molar-refractivity contribution in [3.63, 3.8) is 0 Å². The number of hydrogen-bond acceptors (Lipinski definition) is 2. The van der Waals surface area contributed by atoms with Gasteiger partial charge in [-0.05, 0) is 31.7 Å². The molecule has 0 heterocycles. The Morgan fingerprint density at radius 2 is 2.16 bits per heavy atom. The van der Waals surface area contributed by atoms with Gasteiger partial charge in [0.25, 0.3) is 0 Å². The van der Waals surface area contributed by atoms with E-state index >= 15 is 0 Å². The van der Waals surface area contributed by atoms with Gasteiger partial charge in [0.15, 0.2) is 0 Å². The third kappa shape index (κ3) is 4.38. The van der Waals surface area contributed by atoms with Crippen LogP contribution in [0, 0.1) is 17.8 Å². The van der Waals surface area contributed by atoms with E-state index in [0.717, 1.165) is 25.7 Å². The Morgan fingerprint density at radius 1 is 1.37 bits per heavy atom. The Hall–Kier alpha value is -1.30. The zero-order chi connectivity index (χ0) is 13.6. The second-order valence-corrected chi connectivity index (χ2v) is 5.41. The van der Waals surface area contributed by atoms with Crippen LogP contribution in [-0.2, 0) is 11.3 Å². The molecule has 1 N–H and O–H groups in total. The van der Waals surface area contributed by atoms with Crippen LogP contribution in [0.4, 0.5) is 0 Å². The highest BCUT2D eigenvalue weighted by Crippen LogP contribution is 2.34. The Kier molecular flexibility index (Phi) is 5.01. The summed E-state index contributed by atoms with van der Waals surface area (Å²) in [6, 6.07) is 10.1. The van der Waals surface area contributed by atoms with Gasteiger partial charge in [0.2, 0.25) is 0 Å². The molecule has 0 unspecified atom stereocenters. The Labute approximate surface area is 115 Å². The molecule has 0 amide bonds. The second kappa shape index (κ2) is 6.75. The minimum absolute atomic E-state index is 0.140. The molecule has 0 aliphatic heterocycles. The maximum Gasteiger partial charge on any atom is 0.0756 e. The molecule has 1 fully saturated rings. The van der Waals surface area contributed by atoms with Crippen molar-refractivity contribution in [1.82, 2.24) is 0 Å². The van der Waals surface area contributed by atoms with Crippen molar-refractivity contribution >= 4 is 0 Å². The van der Waals surface area contributed by atoms with Crippen LogP contribution in [0.5, 0.6) is 0 Å². The van der Waals surface area contributed by atoms with E-state index in [4.69, 9.17) is 4.74 Å². The molecule has 0 radical (unpaired) electrons. The lowest BCUT2D eigenvalue weighted by atomic mass is 9.93. The molecule has 0 spiro atoms. The molecular weight excluding hydrogens is 236 g/mol. The lowest BCUT2D eigenvalue weighted by molar-refractivity contribution is 0.0421. The molecule has 1 aromatic rings. The molecule has 1 aliphatic rings. The fourth-order valence-electron chi connectivity index (χ4n) is 2.46. The van der Waals surface area contributed by atoms with Crippen molar-refractivity contribution in [1.29, 1.82) is 0 Å². The molecule has 1 saturated carbocycles. The zero-order valence-corrected chi connectivity index (χ0v) is 11.6. The van der Waals surface area contributed by atoms with Crippen molar-refractivity contribution in [3.05, 3.63) is 35.9 Å². The first-order valence-corrected chi connectivity index (χ1v) is 7.01. The summed E-state index contributed by atoms with van der Waals surface area (Å²) in [4.78, 5) is 0. The predicted octanol–water partition coefficient (Wildman–Crippen LogP) is 3.15. The first kappa shape index (κ1) is 14.1. The van der Waals surface area contributed by atoms with E-state index in [1.807, 2.05) is 25.1 Å². The Bertz CT molecular complexity index is 439. The maximum atomic E-state index is 10.1. The van der Waals surface area contributed by atoms with E-state index < -0.39 is 5.60 Å². The van der Waals surface area contributed by atoms with E-state index in [1.165, 1.54) is 5.56 Å². The highest BCUT2D eigenvalue weighted by molar-refractivity contribution is 5.13. The summed E-state index contributed by atoms with van der Waals surface area (Å²) in [5, 5.41) is 10.1. The third-order valence-corrected chi connectivity index (χ3v) is 3.69. The van der Waals surface area contributed by atoms with Gasteiger partial charge >= 0.3 is 0 Å². The normalized spacial score (nSPS) is 25.9. The van der Waals surface area contributed by atoms with E-state index in [0.29, 0.717) is 13.2 Å². The van der Waals surface area contributed by atoms with Gasteiger partial charge in [-0.15, -0.1) is 5.92 Å². The van der Waals surface area contributed by atoms with Crippen molar-refractivity contribution in [3.8, 4) is 11.8 Å². The van der Waals surface area contributed by atoms with Gasteiger partial charge in [0.1, 0.15) is 0 Å².